The lowest BCUT2D eigenvalue weighted by atomic mass is 10.1. The van der Waals surface area contributed by atoms with E-state index in [-0.39, 0.29) is 10.7 Å². The second-order valence-corrected chi connectivity index (χ2v) is 7.55. The Morgan fingerprint density at radius 2 is 2.05 bits per heavy atom. The van der Waals surface area contributed by atoms with Crippen LogP contribution in [0.5, 0.6) is 0 Å². The van der Waals surface area contributed by atoms with E-state index < -0.39 is 0 Å². The highest BCUT2D eigenvalue weighted by molar-refractivity contribution is 9.09. The minimum atomic E-state index is -0.256. The third kappa shape index (κ3) is 3.51. The molecule has 1 amide bonds. The Morgan fingerprint density at radius 3 is 2.63 bits per heavy atom. The van der Waals surface area contributed by atoms with Crippen molar-refractivity contribution in [1.82, 2.24) is 0 Å². The summed E-state index contributed by atoms with van der Waals surface area (Å²) in [4.78, 5) is 12.3. The fourth-order valence-electron chi connectivity index (χ4n) is 1.64. The molecule has 1 atom stereocenters. The van der Waals surface area contributed by atoms with Gasteiger partial charge in [-0.25, -0.2) is 0 Å². The SMILES string of the molecule is CC(Br)c1ccccc1NC(=O)c1cc(Cl)sc1Cl. The lowest BCUT2D eigenvalue weighted by molar-refractivity contribution is 0.102. The fourth-order valence-corrected chi connectivity index (χ4v) is 3.50. The zero-order valence-corrected chi connectivity index (χ0v) is 13.8. The molecule has 2 aromatic rings. The summed E-state index contributed by atoms with van der Waals surface area (Å²) < 4.78 is 0.893. The van der Waals surface area contributed by atoms with Gasteiger partial charge in [-0.1, -0.05) is 57.3 Å². The number of anilines is 1. The molecule has 0 spiro atoms. The molecule has 0 bridgehead atoms. The van der Waals surface area contributed by atoms with Gasteiger partial charge in [0, 0.05) is 10.5 Å². The Bertz CT molecular complexity index is 612. The molecule has 2 rings (SSSR count). The lowest BCUT2D eigenvalue weighted by Crippen LogP contribution is -2.13. The zero-order valence-electron chi connectivity index (χ0n) is 9.91. The predicted molar refractivity (Wildman–Crippen MR) is 86.1 cm³/mol. The van der Waals surface area contributed by atoms with E-state index in [1.807, 2.05) is 31.2 Å². The van der Waals surface area contributed by atoms with Gasteiger partial charge in [-0.05, 0) is 24.6 Å². The molecule has 1 aromatic carbocycles. The number of nitrogens with one attached hydrogen (secondary N) is 1. The van der Waals surface area contributed by atoms with E-state index in [1.54, 1.807) is 6.07 Å². The molecule has 0 saturated heterocycles. The Labute approximate surface area is 133 Å². The molecular weight excluding hydrogens is 369 g/mol. The molecule has 2 nitrogen and oxygen atoms in total. The van der Waals surface area contributed by atoms with Gasteiger partial charge >= 0.3 is 0 Å². The van der Waals surface area contributed by atoms with E-state index in [0.29, 0.717) is 14.2 Å². The summed E-state index contributed by atoms with van der Waals surface area (Å²) in [7, 11) is 0. The average molecular weight is 379 g/mol. The Balaban J connectivity index is 2.27. The Morgan fingerprint density at radius 1 is 1.37 bits per heavy atom. The number of benzene rings is 1. The first-order chi connectivity index (χ1) is 8.99. The first-order valence-corrected chi connectivity index (χ1v) is 7.97. The van der Waals surface area contributed by atoms with E-state index in [9.17, 15) is 4.79 Å². The molecule has 1 unspecified atom stereocenters. The van der Waals surface area contributed by atoms with Crippen molar-refractivity contribution < 1.29 is 4.79 Å². The number of hydrogen-bond acceptors (Lipinski definition) is 2. The van der Waals surface area contributed by atoms with Crippen LogP contribution in [0, 0.1) is 0 Å². The summed E-state index contributed by atoms with van der Waals surface area (Å²) >= 11 is 16.5. The van der Waals surface area contributed by atoms with Crippen LogP contribution in [0.4, 0.5) is 5.69 Å². The standard InChI is InChI=1S/C13H10BrCl2NOS/c1-7(14)8-4-2-3-5-10(8)17-13(18)9-6-11(15)19-12(9)16/h2-7H,1H3,(H,17,18). The van der Waals surface area contributed by atoms with Gasteiger partial charge in [0.25, 0.3) is 5.91 Å². The number of amides is 1. The fraction of sp³-hybridized carbons (Fsp3) is 0.154. The molecule has 100 valence electrons. The van der Waals surface area contributed by atoms with Crippen LogP contribution in [-0.2, 0) is 0 Å². The smallest absolute Gasteiger partial charge is 0.258 e. The van der Waals surface area contributed by atoms with Gasteiger partial charge in [0.05, 0.1) is 9.90 Å². The second-order valence-electron chi connectivity index (χ2n) is 3.90. The molecular formula is C13H10BrCl2NOS. The number of halogens is 3. The number of carbonyl (C=O) groups excluding carboxylic acids is 1. The third-order valence-electron chi connectivity index (χ3n) is 2.54. The Hall–Kier alpha value is -0.550. The van der Waals surface area contributed by atoms with Crippen LogP contribution in [0.15, 0.2) is 30.3 Å². The summed E-state index contributed by atoms with van der Waals surface area (Å²) in [6.07, 6.45) is 0. The molecule has 0 aliphatic carbocycles. The van der Waals surface area contributed by atoms with Crippen LogP contribution in [0.2, 0.25) is 8.67 Å². The lowest BCUT2D eigenvalue weighted by Gasteiger charge is -2.12. The molecule has 19 heavy (non-hydrogen) atoms. The highest BCUT2D eigenvalue weighted by atomic mass is 79.9. The quantitative estimate of drug-likeness (QED) is 0.675. The molecule has 0 aliphatic heterocycles. The van der Waals surface area contributed by atoms with Crippen molar-refractivity contribution in [3.05, 3.63) is 50.1 Å². The van der Waals surface area contributed by atoms with Crippen molar-refractivity contribution in [2.75, 3.05) is 5.32 Å². The molecule has 6 heteroatoms. The first kappa shape index (κ1) is 14.9. The van der Waals surface area contributed by atoms with Crippen LogP contribution in [0.1, 0.15) is 27.7 Å². The van der Waals surface area contributed by atoms with E-state index in [4.69, 9.17) is 23.2 Å². The van der Waals surface area contributed by atoms with Crippen molar-refractivity contribution in [1.29, 1.82) is 0 Å². The highest BCUT2D eigenvalue weighted by Gasteiger charge is 2.16. The molecule has 0 saturated carbocycles. The normalized spacial score (nSPS) is 12.2. The van der Waals surface area contributed by atoms with E-state index in [2.05, 4.69) is 21.2 Å². The van der Waals surface area contributed by atoms with Gasteiger partial charge in [-0.2, -0.15) is 0 Å². The largest absolute Gasteiger partial charge is 0.322 e. The second kappa shape index (κ2) is 6.27. The predicted octanol–water partition coefficient (Wildman–Crippen LogP) is 5.76. The topological polar surface area (TPSA) is 29.1 Å². The highest BCUT2D eigenvalue weighted by Crippen LogP contribution is 2.33. The van der Waals surface area contributed by atoms with Gasteiger partial charge in [0.2, 0.25) is 0 Å². The summed E-state index contributed by atoms with van der Waals surface area (Å²) in [5.74, 6) is -0.256. The molecule has 0 aliphatic rings. The van der Waals surface area contributed by atoms with Gasteiger partial charge in [-0.3, -0.25) is 4.79 Å². The Kier molecular flexibility index (Phi) is 4.90. The molecule has 0 fully saturated rings. The van der Waals surface area contributed by atoms with Gasteiger partial charge in [0.15, 0.2) is 0 Å². The van der Waals surface area contributed by atoms with Gasteiger partial charge < -0.3 is 5.32 Å². The van der Waals surface area contributed by atoms with Crippen molar-refractivity contribution >= 4 is 62.1 Å². The summed E-state index contributed by atoms with van der Waals surface area (Å²) in [6, 6.07) is 9.18. The number of para-hydroxylation sites is 1. The zero-order chi connectivity index (χ0) is 14.0. The first-order valence-electron chi connectivity index (χ1n) is 5.48. The minimum absolute atomic E-state index is 0.144. The molecule has 1 aromatic heterocycles. The summed E-state index contributed by atoms with van der Waals surface area (Å²) in [5.41, 5.74) is 2.16. The number of carbonyl (C=O) groups is 1. The van der Waals surface area contributed by atoms with Crippen LogP contribution in [-0.4, -0.2) is 5.91 Å². The average Bonchev–Trinajstić information content (AvgIpc) is 2.69. The number of thiophene rings is 1. The maximum absolute atomic E-state index is 12.2. The van der Waals surface area contributed by atoms with Crippen molar-refractivity contribution in [3.63, 3.8) is 0 Å². The van der Waals surface area contributed by atoms with Crippen molar-refractivity contribution in [2.45, 2.75) is 11.8 Å². The van der Waals surface area contributed by atoms with Crippen LogP contribution < -0.4 is 5.32 Å². The maximum atomic E-state index is 12.2. The number of rotatable bonds is 3. The third-order valence-corrected chi connectivity index (χ3v) is 4.52. The van der Waals surface area contributed by atoms with E-state index in [0.717, 1.165) is 11.3 Å². The van der Waals surface area contributed by atoms with E-state index in [1.165, 1.54) is 11.3 Å². The minimum Gasteiger partial charge on any atom is -0.322 e. The van der Waals surface area contributed by atoms with Crippen molar-refractivity contribution in [3.8, 4) is 0 Å². The van der Waals surface area contributed by atoms with Crippen LogP contribution in [0.25, 0.3) is 0 Å². The molecule has 1 N–H and O–H groups in total. The molecule has 1 heterocycles. The maximum Gasteiger partial charge on any atom is 0.258 e. The molecule has 0 radical (unpaired) electrons. The summed E-state index contributed by atoms with van der Waals surface area (Å²) in [6.45, 7) is 2.00. The monoisotopic (exact) mass is 377 g/mol. The van der Waals surface area contributed by atoms with Crippen LogP contribution >= 0.6 is 50.5 Å². The van der Waals surface area contributed by atoms with Gasteiger partial charge in [0.1, 0.15) is 4.34 Å². The van der Waals surface area contributed by atoms with E-state index >= 15 is 0 Å². The van der Waals surface area contributed by atoms with Crippen molar-refractivity contribution in [2.24, 2.45) is 0 Å². The van der Waals surface area contributed by atoms with Gasteiger partial charge in [-0.15, -0.1) is 11.3 Å². The summed E-state index contributed by atoms with van der Waals surface area (Å²) in [5, 5.41) is 2.86. The van der Waals surface area contributed by atoms with Crippen LogP contribution in [0.3, 0.4) is 0 Å². The number of alkyl halides is 1. The number of hydrogen-bond donors (Lipinski definition) is 1.